The number of aromatic nitrogens is 3. The predicted molar refractivity (Wildman–Crippen MR) is 136 cm³/mol. The Hall–Kier alpha value is -3.69. The molecule has 1 fully saturated rings. The van der Waals surface area contributed by atoms with Crippen LogP contribution in [-0.2, 0) is 11.3 Å². The highest BCUT2D eigenvalue weighted by atomic mass is 16.5. The van der Waals surface area contributed by atoms with Gasteiger partial charge < -0.3 is 34.3 Å². The summed E-state index contributed by atoms with van der Waals surface area (Å²) in [6.45, 7) is 11.1. The summed E-state index contributed by atoms with van der Waals surface area (Å²) in [7, 11) is 1.64. The summed E-state index contributed by atoms with van der Waals surface area (Å²) in [5.74, 6) is 2.81. The highest BCUT2D eigenvalue weighted by molar-refractivity contribution is 5.94. The van der Waals surface area contributed by atoms with Crippen molar-refractivity contribution < 1.29 is 19.4 Å². The lowest BCUT2D eigenvalue weighted by Crippen LogP contribution is -2.48. The largest absolute Gasteiger partial charge is 0.496 e. The first kappa shape index (κ1) is 24.4. The SMILES string of the molecule is CCOc1ccc(CNc2nc(N3CCN(C(C)=O)CC3)nc3c(O)n(C(C)C)cc23)c(OC)c1. The summed E-state index contributed by atoms with van der Waals surface area (Å²) >= 11 is 0. The van der Waals surface area contributed by atoms with Gasteiger partial charge in [0.15, 0.2) is 0 Å². The quantitative estimate of drug-likeness (QED) is 0.503. The molecule has 3 aromatic rings. The number of piperazine rings is 1. The molecule has 1 saturated heterocycles. The zero-order valence-electron chi connectivity index (χ0n) is 21.0. The molecule has 2 N–H and O–H groups in total. The first-order valence-electron chi connectivity index (χ1n) is 12.0. The van der Waals surface area contributed by atoms with Crippen LogP contribution in [0.15, 0.2) is 24.4 Å². The van der Waals surface area contributed by atoms with Gasteiger partial charge in [-0.1, -0.05) is 0 Å². The van der Waals surface area contributed by atoms with Gasteiger partial charge in [-0.3, -0.25) is 4.79 Å². The van der Waals surface area contributed by atoms with Crippen LogP contribution in [0.1, 0.15) is 39.3 Å². The normalized spacial score (nSPS) is 14.0. The van der Waals surface area contributed by atoms with Gasteiger partial charge in [-0.15, -0.1) is 0 Å². The Morgan fingerprint density at radius 1 is 1.20 bits per heavy atom. The van der Waals surface area contributed by atoms with Crippen molar-refractivity contribution >= 4 is 28.6 Å². The van der Waals surface area contributed by atoms with Crippen LogP contribution in [0.5, 0.6) is 17.4 Å². The second-order valence-corrected chi connectivity index (χ2v) is 8.84. The lowest BCUT2D eigenvalue weighted by atomic mass is 10.2. The zero-order valence-corrected chi connectivity index (χ0v) is 21.0. The van der Waals surface area contributed by atoms with E-state index in [1.54, 1.807) is 18.6 Å². The minimum atomic E-state index is 0.0609. The van der Waals surface area contributed by atoms with E-state index in [2.05, 4.69) is 5.32 Å². The molecular formula is C25H34N6O4. The van der Waals surface area contributed by atoms with E-state index in [4.69, 9.17) is 19.4 Å². The van der Waals surface area contributed by atoms with E-state index in [0.29, 0.717) is 56.6 Å². The number of rotatable bonds is 8. The molecule has 0 aliphatic carbocycles. The number of fused-ring (bicyclic) bond motifs is 1. The fourth-order valence-electron chi connectivity index (χ4n) is 4.27. The van der Waals surface area contributed by atoms with Gasteiger partial charge in [-0.25, -0.2) is 4.98 Å². The average Bonchev–Trinajstić information content (AvgIpc) is 3.20. The number of anilines is 2. The van der Waals surface area contributed by atoms with Crippen molar-refractivity contribution in [2.24, 2.45) is 0 Å². The Labute approximate surface area is 205 Å². The molecule has 0 atom stereocenters. The predicted octanol–water partition coefficient (Wildman–Crippen LogP) is 3.41. The summed E-state index contributed by atoms with van der Waals surface area (Å²) in [5, 5.41) is 15.1. The number of nitrogens with one attached hydrogen (secondary N) is 1. The Morgan fingerprint density at radius 2 is 1.94 bits per heavy atom. The molecule has 10 heteroatoms. The van der Waals surface area contributed by atoms with E-state index in [-0.39, 0.29) is 17.8 Å². The maximum Gasteiger partial charge on any atom is 0.228 e. The molecule has 0 spiro atoms. The summed E-state index contributed by atoms with van der Waals surface area (Å²) < 4.78 is 13.0. The van der Waals surface area contributed by atoms with Gasteiger partial charge in [0.05, 0.1) is 19.1 Å². The number of amides is 1. The van der Waals surface area contributed by atoms with E-state index in [0.717, 1.165) is 22.4 Å². The lowest BCUT2D eigenvalue weighted by Gasteiger charge is -2.34. The molecule has 1 aromatic carbocycles. The van der Waals surface area contributed by atoms with Crippen LogP contribution in [0.2, 0.25) is 0 Å². The average molecular weight is 483 g/mol. The van der Waals surface area contributed by atoms with Crippen LogP contribution in [0.25, 0.3) is 10.9 Å². The van der Waals surface area contributed by atoms with Crippen molar-refractivity contribution in [3.63, 3.8) is 0 Å². The highest BCUT2D eigenvalue weighted by Gasteiger charge is 2.24. The third kappa shape index (κ3) is 5.06. The van der Waals surface area contributed by atoms with Crippen LogP contribution in [0.3, 0.4) is 0 Å². The van der Waals surface area contributed by atoms with Gasteiger partial charge in [0.25, 0.3) is 0 Å². The Morgan fingerprint density at radius 3 is 2.57 bits per heavy atom. The Kier molecular flexibility index (Phi) is 7.18. The number of benzene rings is 1. The number of aromatic hydroxyl groups is 1. The smallest absolute Gasteiger partial charge is 0.228 e. The highest BCUT2D eigenvalue weighted by Crippen LogP contribution is 2.35. The van der Waals surface area contributed by atoms with Gasteiger partial charge in [-0.05, 0) is 32.9 Å². The minimum Gasteiger partial charge on any atom is -0.496 e. The molecule has 1 aliphatic rings. The van der Waals surface area contributed by atoms with Crippen molar-refractivity contribution in [3.05, 3.63) is 30.0 Å². The number of methoxy groups -OCH3 is 1. The third-order valence-electron chi connectivity index (χ3n) is 6.24. The molecule has 188 valence electrons. The molecule has 35 heavy (non-hydrogen) atoms. The van der Waals surface area contributed by atoms with E-state index >= 15 is 0 Å². The molecule has 0 saturated carbocycles. The molecule has 10 nitrogen and oxygen atoms in total. The maximum absolute atomic E-state index is 11.7. The fourth-order valence-corrected chi connectivity index (χ4v) is 4.27. The molecule has 3 heterocycles. The second-order valence-electron chi connectivity index (χ2n) is 8.84. The van der Waals surface area contributed by atoms with Gasteiger partial charge >= 0.3 is 0 Å². The van der Waals surface area contributed by atoms with Gasteiger partial charge in [-0.2, -0.15) is 4.98 Å². The van der Waals surface area contributed by atoms with Crippen LogP contribution in [-0.4, -0.2) is 70.3 Å². The zero-order chi connectivity index (χ0) is 25.1. The standard InChI is InChI=1S/C25H34N6O4/c1-6-35-19-8-7-18(21(13-19)34-5)14-26-23-20-15-31(16(2)3)24(33)22(20)27-25(28-23)30-11-9-29(10-12-30)17(4)32/h7-8,13,15-16,33H,6,9-12,14H2,1-5H3,(H,26,27,28). The van der Waals surface area contributed by atoms with E-state index < -0.39 is 0 Å². The van der Waals surface area contributed by atoms with Crippen LogP contribution < -0.4 is 19.7 Å². The van der Waals surface area contributed by atoms with Crippen LogP contribution >= 0.6 is 0 Å². The van der Waals surface area contributed by atoms with Gasteiger partial charge in [0.2, 0.25) is 17.7 Å². The van der Waals surface area contributed by atoms with E-state index in [9.17, 15) is 9.90 Å². The van der Waals surface area contributed by atoms with Crippen molar-refractivity contribution in [2.75, 3.05) is 50.1 Å². The Bertz CT molecular complexity index is 1200. The topological polar surface area (TPSA) is 105 Å². The van der Waals surface area contributed by atoms with Crippen LogP contribution in [0, 0.1) is 0 Å². The molecule has 0 unspecified atom stereocenters. The monoisotopic (exact) mass is 482 g/mol. The van der Waals surface area contributed by atoms with Crippen molar-refractivity contribution in [3.8, 4) is 17.4 Å². The fraction of sp³-hybridized carbons (Fsp3) is 0.480. The second kappa shape index (κ2) is 10.3. The van der Waals surface area contributed by atoms with Crippen molar-refractivity contribution in [1.82, 2.24) is 19.4 Å². The Balaban J connectivity index is 1.67. The summed E-state index contributed by atoms with van der Waals surface area (Å²) in [6.07, 6.45) is 1.88. The maximum atomic E-state index is 11.7. The minimum absolute atomic E-state index is 0.0609. The van der Waals surface area contributed by atoms with Crippen molar-refractivity contribution in [1.29, 1.82) is 0 Å². The molecule has 1 amide bonds. The summed E-state index contributed by atoms with van der Waals surface area (Å²) in [5.41, 5.74) is 1.45. The molecular weight excluding hydrogens is 448 g/mol. The molecule has 1 aliphatic heterocycles. The van der Waals surface area contributed by atoms with Gasteiger partial charge in [0, 0.05) is 63.5 Å². The molecule has 2 aromatic heterocycles. The first-order valence-corrected chi connectivity index (χ1v) is 12.0. The number of nitrogens with zero attached hydrogens (tertiary/aromatic N) is 5. The molecule has 0 bridgehead atoms. The third-order valence-corrected chi connectivity index (χ3v) is 6.24. The number of ether oxygens (including phenoxy) is 2. The molecule has 0 radical (unpaired) electrons. The summed E-state index contributed by atoms with van der Waals surface area (Å²) in [4.78, 5) is 25.1. The van der Waals surface area contributed by atoms with E-state index in [1.807, 2.05) is 55.0 Å². The van der Waals surface area contributed by atoms with Crippen LogP contribution in [0.4, 0.5) is 11.8 Å². The van der Waals surface area contributed by atoms with E-state index in [1.165, 1.54) is 0 Å². The first-order chi connectivity index (χ1) is 16.8. The van der Waals surface area contributed by atoms with Crippen molar-refractivity contribution in [2.45, 2.75) is 40.3 Å². The number of carbonyl (C=O) groups excluding carboxylic acids is 1. The lowest BCUT2D eigenvalue weighted by molar-refractivity contribution is -0.129. The molecule has 4 rings (SSSR count). The number of hydrogen-bond donors (Lipinski definition) is 2. The number of carbonyl (C=O) groups is 1. The number of hydrogen-bond acceptors (Lipinski definition) is 8. The van der Waals surface area contributed by atoms with Gasteiger partial charge in [0.1, 0.15) is 22.8 Å². The summed E-state index contributed by atoms with van der Waals surface area (Å²) in [6, 6.07) is 5.82.